The molecule has 0 bridgehead atoms. The number of benzene rings is 2. The largest absolute Gasteiger partial charge is 0.481 e. The van der Waals surface area contributed by atoms with E-state index in [-0.39, 0.29) is 75.3 Å². The van der Waals surface area contributed by atoms with Crippen LogP contribution in [0, 0.1) is 41.4 Å². The van der Waals surface area contributed by atoms with Gasteiger partial charge in [0, 0.05) is 6.54 Å². The number of nitrogens with one attached hydrogen (secondary N) is 1. The van der Waals surface area contributed by atoms with Crippen LogP contribution in [0.5, 0.6) is 0 Å². The number of carbonyl (C=O) groups is 8. The average Bonchev–Trinajstić information content (AvgIpc) is 2.03. The van der Waals surface area contributed by atoms with Crippen LogP contribution in [-0.4, -0.2) is 119 Å². The van der Waals surface area contributed by atoms with Crippen LogP contribution in [0.15, 0.2) is 60.7 Å². The fourth-order valence-corrected chi connectivity index (χ4v) is 12.4. The number of Topliss-reactive ketones (excluding diaryl/α,β-unsaturated/α-hetero) is 3. The van der Waals surface area contributed by atoms with Gasteiger partial charge in [-0.1, -0.05) is 192 Å². The molecular formula is C69H120N2O14Si3. The molecule has 19 heteroatoms. The molecule has 0 radical (unpaired) electrons. The summed E-state index contributed by atoms with van der Waals surface area (Å²) in [5.74, 6) is -6.50. The van der Waals surface area contributed by atoms with Gasteiger partial charge in [0.2, 0.25) is 11.8 Å². The fourth-order valence-electron chi connectivity index (χ4n) is 8.30. The Balaban J connectivity index is 0.00000138. The van der Waals surface area contributed by atoms with E-state index in [4.69, 9.17) is 27.9 Å². The molecule has 2 amide bonds. The summed E-state index contributed by atoms with van der Waals surface area (Å²) in [6.07, 6.45) is -0.353. The van der Waals surface area contributed by atoms with Gasteiger partial charge < -0.3 is 38.1 Å². The summed E-state index contributed by atoms with van der Waals surface area (Å²) in [6, 6.07) is 17.3. The highest BCUT2D eigenvalue weighted by molar-refractivity contribution is 6.75. The van der Waals surface area contributed by atoms with Crippen molar-refractivity contribution in [1.82, 2.24) is 10.2 Å². The smallest absolute Gasteiger partial charge is 0.329 e. The molecule has 2 aromatic rings. The Bertz CT molecular complexity index is 2510. The van der Waals surface area contributed by atoms with Gasteiger partial charge in [-0.2, -0.15) is 0 Å². The molecule has 2 aromatic carbocycles. The molecule has 0 spiro atoms. The SMILES string of the molecule is CC.CC(C(=O)O)C(=O)[C@H](O[Si](C)(C)C(C)(C)C)C(C)C.CC(C(=O)OCc1ccccc1)C(=O)[C@H](O[Si](C)(C)C(C)(C)C)C(C)C.CC(C)C[C@H](NC(=O)C(C)C(=O)[C@@H](O[Si](C)(C)C(C)(C)C)C(C)C)C(=O)N1CCC[C@H]1C(=O)OCc1ccccc1. The van der Waals surface area contributed by atoms with Gasteiger partial charge in [0.05, 0.1) is 5.92 Å². The first-order valence-electron chi connectivity index (χ1n) is 32.0. The second kappa shape index (κ2) is 36.4. The molecule has 1 fully saturated rings. The number of carbonyl (C=O) groups excluding carboxylic acids is 7. The van der Waals surface area contributed by atoms with Gasteiger partial charge in [-0.15, -0.1) is 0 Å². The number of nitrogens with zero attached hydrogens (tertiary/aromatic N) is 1. The molecule has 502 valence electrons. The number of carboxylic acids is 1. The van der Waals surface area contributed by atoms with Crippen molar-refractivity contribution in [3.63, 3.8) is 0 Å². The lowest BCUT2D eigenvalue weighted by Crippen LogP contribution is -2.55. The summed E-state index contributed by atoms with van der Waals surface area (Å²) in [6.45, 7) is 56.5. The molecule has 3 rings (SSSR count). The molecule has 0 aromatic heterocycles. The minimum atomic E-state index is -2.27. The first kappa shape index (κ1) is 83.3. The van der Waals surface area contributed by atoms with Crippen molar-refractivity contribution >= 4 is 72.0 Å². The van der Waals surface area contributed by atoms with Gasteiger partial charge >= 0.3 is 17.9 Å². The summed E-state index contributed by atoms with van der Waals surface area (Å²) in [5.41, 5.74) is 1.77. The number of hydrogen-bond acceptors (Lipinski definition) is 13. The number of aliphatic carboxylic acids is 1. The molecule has 1 saturated heterocycles. The molecule has 1 aliphatic heterocycles. The number of rotatable bonds is 27. The zero-order valence-electron chi connectivity index (χ0n) is 59.6. The molecule has 88 heavy (non-hydrogen) atoms. The van der Waals surface area contributed by atoms with Crippen LogP contribution >= 0.6 is 0 Å². The summed E-state index contributed by atoms with van der Waals surface area (Å²) >= 11 is 0. The van der Waals surface area contributed by atoms with Gasteiger partial charge in [-0.25, -0.2) is 4.79 Å². The summed E-state index contributed by atoms with van der Waals surface area (Å²) in [4.78, 5) is 104. The maximum absolute atomic E-state index is 13.7. The van der Waals surface area contributed by atoms with Crippen LogP contribution in [0.2, 0.25) is 54.4 Å². The molecular weight excluding hydrogens is 1170 g/mol. The quantitative estimate of drug-likeness (QED) is 0.0483. The van der Waals surface area contributed by atoms with Crippen molar-refractivity contribution in [1.29, 1.82) is 0 Å². The summed E-state index contributed by atoms with van der Waals surface area (Å²) in [7, 11) is -6.47. The predicted molar refractivity (Wildman–Crippen MR) is 361 cm³/mol. The maximum atomic E-state index is 13.7. The van der Waals surface area contributed by atoms with E-state index < -0.39 is 96.9 Å². The van der Waals surface area contributed by atoms with Crippen molar-refractivity contribution in [2.75, 3.05) is 6.54 Å². The zero-order valence-corrected chi connectivity index (χ0v) is 62.6. The number of carboxylic acid groups (broad SMARTS) is 1. The molecule has 8 atom stereocenters. The molecule has 3 unspecified atom stereocenters. The van der Waals surface area contributed by atoms with E-state index in [0.717, 1.165) is 11.1 Å². The number of amides is 2. The molecule has 0 saturated carbocycles. The zero-order chi connectivity index (χ0) is 68.8. The van der Waals surface area contributed by atoms with E-state index in [0.29, 0.717) is 25.8 Å². The van der Waals surface area contributed by atoms with E-state index in [9.17, 15) is 38.4 Å². The number of esters is 2. The van der Waals surface area contributed by atoms with E-state index in [2.05, 4.69) is 107 Å². The Kier molecular flexibility index (Phi) is 34.5. The monoisotopic (exact) mass is 1280 g/mol. The molecule has 16 nitrogen and oxygen atoms in total. The van der Waals surface area contributed by atoms with Crippen LogP contribution in [0.25, 0.3) is 0 Å². The van der Waals surface area contributed by atoms with Crippen molar-refractivity contribution in [3.8, 4) is 0 Å². The molecule has 1 heterocycles. The van der Waals surface area contributed by atoms with Crippen molar-refractivity contribution in [2.45, 2.75) is 270 Å². The Hall–Kier alpha value is -4.67. The van der Waals surface area contributed by atoms with E-state index in [1.807, 2.05) is 130 Å². The highest BCUT2D eigenvalue weighted by Gasteiger charge is 2.47. The number of hydrogen-bond donors (Lipinski definition) is 2. The second-order valence-corrected chi connectivity index (χ2v) is 43.7. The minimum absolute atomic E-state index is 0.000924. The third-order valence-corrected chi connectivity index (χ3v) is 30.7. The van der Waals surface area contributed by atoms with Gasteiger partial charge in [0.1, 0.15) is 55.4 Å². The van der Waals surface area contributed by atoms with E-state index in [1.165, 1.54) is 11.8 Å². The van der Waals surface area contributed by atoms with Crippen LogP contribution in [0.4, 0.5) is 0 Å². The lowest BCUT2D eigenvalue weighted by atomic mass is 9.93. The molecule has 2 N–H and O–H groups in total. The first-order chi connectivity index (χ1) is 40.1. The lowest BCUT2D eigenvalue weighted by Gasteiger charge is -2.40. The normalized spacial score (nSPS) is 16.5. The third kappa shape index (κ3) is 26.3. The van der Waals surface area contributed by atoms with Crippen LogP contribution in [0.3, 0.4) is 0 Å². The standard InChI is InChI=1S/C32H52N2O6Si.C21H34O4Si.C14H28O4Si.C2H6/c1-21(2)19-25(30(37)34-18-14-17-26(34)31(38)39-20-24-15-12-11-13-16-24)33-29(36)23(5)27(35)28(22(3)4)40-41(9,10)32(6,7)8;1-15(2)19(25-26(7,8)21(4,5)6)18(22)16(3)20(23)24-14-17-12-10-9-11-13-17;1-9(2)12(11(15)10(3)13(16)17)18-19(7,8)14(4,5)6;1-2/h11-13,15-16,21-23,25-26,28H,14,17-20H2,1-10H3,(H,33,36);9-13,15-16,19H,14H2,1-8H3;9-10,12H,1-8H3,(H,16,17);1-2H3/t23?,25-,26-,28-;16?,19-;10?,12-;/m011./s1. The lowest BCUT2D eigenvalue weighted by molar-refractivity contribution is -0.156. The van der Waals surface area contributed by atoms with Gasteiger partial charge in [-0.3, -0.25) is 33.6 Å². The van der Waals surface area contributed by atoms with E-state index >= 15 is 0 Å². The van der Waals surface area contributed by atoms with Crippen LogP contribution in [-0.2, 0) is 74.3 Å². The predicted octanol–water partition coefficient (Wildman–Crippen LogP) is 14.8. The summed E-state index contributed by atoms with van der Waals surface area (Å²) in [5, 5.41) is 11.7. The molecule has 0 aliphatic carbocycles. The maximum Gasteiger partial charge on any atom is 0.329 e. The number of likely N-dealkylation sites (tertiary alicyclic amines) is 1. The van der Waals surface area contributed by atoms with Gasteiger partial charge in [0.25, 0.3) is 0 Å². The van der Waals surface area contributed by atoms with Crippen LogP contribution in [0.1, 0.15) is 183 Å². The topological polar surface area (TPSA) is 218 Å². The Morgan fingerprint density at radius 1 is 0.534 bits per heavy atom. The van der Waals surface area contributed by atoms with Crippen molar-refractivity contribution in [3.05, 3.63) is 71.8 Å². The third-order valence-electron chi connectivity index (χ3n) is 17.3. The Morgan fingerprint density at radius 3 is 1.20 bits per heavy atom. The van der Waals surface area contributed by atoms with Crippen molar-refractivity contribution in [2.24, 2.45) is 41.4 Å². The number of ketones is 3. The van der Waals surface area contributed by atoms with E-state index in [1.54, 1.807) is 13.8 Å². The molecule has 1 aliphatic rings. The Labute approximate surface area is 535 Å². The number of ether oxygens (including phenoxy) is 2. The average molecular weight is 1290 g/mol. The highest BCUT2D eigenvalue weighted by atomic mass is 28.4. The van der Waals surface area contributed by atoms with Crippen molar-refractivity contribution < 1.29 is 66.2 Å². The fraction of sp³-hybridized carbons (Fsp3) is 0.710. The highest BCUT2D eigenvalue weighted by Crippen LogP contribution is 2.41. The van der Waals surface area contributed by atoms with Gasteiger partial charge in [-0.05, 0) is 129 Å². The summed E-state index contributed by atoms with van der Waals surface area (Å²) < 4.78 is 29.8. The minimum Gasteiger partial charge on any atom is -0.481 e. The first-order valence-corrected chi connectivity index (χ1v) is 40.8. The second-order valence-electron chi connectivity index (χ2n) is 29.4. The van der Waals surface area contributed by atoms with Gasteiger partial charge in [0.15, 0.2) is 42.3 Å². The van der Waals surface area contributed by atoms with Crippen LogP contribution < -0.4 is 5.32 Å². The Morgan fingerprint density at radius 2 is 0.875 bits per heavy atom.